The third-order valence-corrected chi connectivity index (χ3v) is 4.02. The molecule has 1 heterocycles. The summed E-state index contributed by atoms with van der Waals surface area (Å²) < 4.78 is 4.92. The summed E-state index contributed by atoms with van der Waals surface area (Å²) in [6.07, 6.45) is 5.45. The number of hydrogen-bond donors (Lipinski definition) is 1. The Morgan fingerprint density at radius 3 is 2.50 bits per heavy atom. The molecule has 1 N–H and O–H groups in total. The van der Waals surface area contributed by atoms with Gasteiger partial charge < -0.3 is 15.0 Å². The molecule has 5 nitrogen and oxygen atoms in total. The molecule has 0 spiro atoms. The van der Waals surface area contributed by atoms with E-state index in [1.807, 2.05) is 4.90 Å². The van der Waals surface area contributed by atoms with E-state index in [1.54, 1.807) is 7.11 Å². The van der Waals surface area contributed by atoms with Crippen LogP contribution in [0.1, 0.15) is 25.7 Å². The van der Waals surface area contributed by atoms with Crippen molar-refractivity contribution < 1.29 is 9.53 Å². The molecule has 0 unspecified atom stereocenters. The first-order chi connectivity index (χ1) is 8.81. The van der Waals surface area contributed by atoms with Gasteiger partial charge in [0.05, 0.1) is 6.61 Å². The number of amides is 2. The highest BCUT2D eigenvalue weighted by atomic mass is 16.5. The Balaban J connectivity index is 1.67. The van der Waals surface area contributed by atoms with Crippen LogP contribution in [0.15, 0.2) is 0 Å². The lowest BCUT2D eigenvalue weighted by Crippen LogP contribution is -2.54. The van der Waals surface area contributed by atoms with Crippen LogP contribution in [0.3, 0.4) is 0 Å². The summed E-state index contributed by atoms with van der Waals surface area (Å²) in [5.74, 6) is 0. The lowest BCUT2D eigenvalue weighted by atomic mass is 10.2. The van der Waals surface area contributed by atoms with Gasteiger partial charge in [-0.15, -0.1) is 0 Å². The highest BCUT2D eigenvalue weighted by Gasteiger charge is 2.27. The van der Waals surface area contributed by atoms with E-state index in [2.05, 4.69) is 10.2 Å². The molecule has 0 aromatic rings. The average Bonchev–Trinajstić information content (AvgIpc) is 2.93. The maximum atomic E-state index is 11.8. The SMILES string of the molecule is COCCNC(=O)N1CCN(C2CCCC2)CC1. The molecular formula is C13H25N3O2. The zero-order chi connectivity index (χ0) is 12.8. The Bertz CT molecular complexity index is 259. The molecular weight excluding hydrogens is 230 g/mol. The summed E-state index contributed by atoms with van der Waals surface area (Å²) in [5, 5.41) is 2.88. The first-order valence-corrected chi connectivity index (χ1v) is 7.07. The zero-order valence-corrected chi connectivity index (χ0v) is 11.4. The first-order valence-electron chi connectivity index (χ1n) is 7.07. The molecule has 1 saturated heterocycles. The van der Waals surface area contributed by atoms with Crippen molar-refractivity contribution in [3.05, 3.63) is 0 Å². The van der Waals surface area contributed by atoms with Gasteiger partial charge in [-0.05, 0) is 12.8 Å². The van der Waals surface area contributed by atoms with Crippen molar-refractivity contribution in [2.45, 2.75) is 31.7 Å². The van der Waals surface area contributed by atoms with E-state index in [0.717, 1.165) is 32.2 Å². The lowest BCUT2D eigenvalue weighted by molar-refractivity contribution is 0.108. The summed E-state index contributed by atoms with van der Waals surface area (Å²) in [4.78, 5) is 16.3. The van der Waals surface area contributed by atoms with Crippen molar-refractivity contribution >= 4 is 6.03 Å². The fourth-order valence-electron chi connectivity index (χ4n) is 2.93. The van der Waals surface area contributed by atoms with Gasteiger partial charge in [-0.25, -0.2) is 4.79 Å². The summed E-state index contributed by atoms with van der Waals surface area (Å²) in [7, 11) is 1.65. The number of methoxy groups -OCH3 is 1. The molecule has 1 aliphatic carbocycles. The lowest BCUT2D eigenvalue weighted by Gasteiger charge is -2.38. The smallest absolute Gasteiger partial charge is 0.317 e. The third-order valence-electron chi connectivity index (χ3n) is 4.02. The van der Waals surface area contributed by atoms with E-state index in [1.165, 1.54) is 25.7 Å². The second kappa shape index (κ2) is 6.95. The van der Waals surface area contributed by atoms with Crippen molar-refractivity contribution in [1.82, 2.24) is 15.1 Å². The number of nitrogens with zero attached hydrogens (tertiary/aromatic N) is 2. The summed E-state index contributed by atoms with van der Waals surface area (Å²) in [6, 6.07) is 0.835. The quantitative estimate of drug-likeness (QED) is 0.759. The Hall–Kier alpha value is -0.810. The second-order valence-corrected chi connectivity index (χ2v) is 5.19. The van der Waals surface area contributed by atoms with Crippen LogP contribution in [-0.4, -0.2) is 68.3 Å². The van der Waals surface area contributed by atoms with Crippen LogP contribution in [0.2, 0.25) is 0 Å². The molecule has 0 aromatic heterocycles. The minimum atomic E-state index is 0.0538. The maximum absolute atomic E-state index is 11.8. The van der Waals surface area contributed by atoms with Gasteiger partial charge in [0.1, 0.15) is 0 Å². The number of piperazine rings is 1. The second-order valence-electron chi connectivity index (χ2n) is 5.19. The molecule has 1 aliphatic heterocycles. The number of urea groups is 1. The van der Waals surface area contributed by atoms with Crippen molar-refractivity contribution in [1.29, 1.82) is 0 Å². The number of nitrogens with one attached hydrogen (secondary N) is 1. The number of rotatable bonds is 4. The highest BCUT2D eigenvalue weighted by Crippen LogP contribution is 2.24. The highest BCUT2D eigenvalue weighted by molar-refractivity contribution is 5.74. The van der Waals surface area contributed by atoms with Gasteiger partial charge in [-0.3, -0.25) is 4.90 Å². The van der Waals surface area contributed by atoms with Crippen LogP contribution in [-0.2, 0) is 4.74 Å². The largest absolute Gasteiger partial charge is 0.383 e. The predicted octanol–water partition coefficient (Wildman–Crippen LogP) is 0.903. The summed E-state index contributed by atoms with van der Waals surface area (Å²) >= 11 is 0. The van der Waals surface area contributed by atoms with Crippen LogP contribution in [0.5, 0.6) is 0 Å². The fraction of sp³-hybridized carbons (Fsp3) is 0.923. The van der Waals surface area contributed by atoms with Gasteiger partial charge in [0.2, 0.25) is 0 Å². The van der Waals surface area contributed by atoms with Gasteiger partial charge in [-0.1, -0.05) is 12.8 Å². The topological polar surface area (TPSA) is 44.8 Å². The molecule has 2 aliphatic rings. The Labute approximate surface area is 109 Å². The van der Waals surface area contributed by atoms with Crippen LogP contribution < -0.4 is 5.32 Å². The molecule has 5 heteroatoms. The summed E-state index contributed by atoms with van der Waals surface area (Å²) in [6.45, 7) is 4.95. The normalized spacial score (nSPS) is 22.4. The summed E-state index contributed by atoms with van der Waals surface area (Å²) in [5.41, 5.74) is 0. The molecule has 1 saturated carbocycles. The van der Waals surface area contributed by atoms with E-state index in [9.17, 15) is 4.79 Å². The predicted molar refractivity (Wildman–Crippen MR) is 70.7 cm³/mol. The van der Waals surface area contributed by atoms with E-state index in [4.69, 9.17) is 4.74 Å². The molecule has 104 valence electrons. The minimum Gasteiger partial charge on any atom is -0.383 e. The van der Waals surface area contributed by atoms with Crippen molar-refractivity contribution in [3.63, 3.8) is 0 Å². The van der Waals surface area contributed by atoms with E-state index < -0.39 is 0 Å². The number of hydrogen-bond acceptors (Lipinski definition) is 3. The fourth-order valence-corrected chi connectivity index (χ4v) is 2.93. The van der Waals surface area contributed by atoms with Crippen molar-refractivity contribution in [2.75, 3.05) is 46.4 Å². The van der Waals surface area contributed by atoms with Crippen molar-refractivity contribution in [3.8, 4) is 0 Å². The van der Waals surface area contributed by atoms with Gasteiger partial charge in [0.25, 0.3) is 0 Å². The molecule has 2 fully saturated rings. The molecule has 2 rings (SSSR count). The Morgan fingerprint density at radius 1 is 1.22 bits per heavy atom. The molecule has 18 heavy (non-hydrogen) atoms. The number of ether oxygens (including phenoxy) is 1. The van der Waals surface area contributed by atoms with Gasteiger partial charge in [0, 0.05) is 45.9 Å². The third kappa shape index (κ3) is 3.59. The zero-order valence-electron chi connectivity index (χ0n) is 11.4. The van der Waals surface area contributed by atoms with Crippen LogP contribution >= 0.6 is 0 Å². The molecule has 0 aromatic carbocycles. The van der Waals surface area contributed by atoms with E-state index in [0.29, 0.717) is 13.2 Å². The van der Waals surface area contributed by atoms with Gasteiger partial charge >= 0.3 is 6.03 Å². The average molecular weight is 255 g/mol. The minimum absolute atomic E-state index is 0.0538. The molecule has 0 atom stereocenters. The maximum Gasteiger partial charge on any atom is 0.317 e. The Morgan fingerprint density at radius 2 is 1.89 bits per heavy atom. The molecule has 0 radical (unpaired) electrons. The Kier molecular flexibility index (Phi) is 5.26. The van der Waals surface area contributed by atoms with Crippen molar-refractivity contribution in [2.24, 2.45) is 0 Å². The first kappa shape index (κ1) is 13.6. The van der Waals surface area contributed by atoms with Gasteiger partial charge in [-0.2, -0.15) is 0 Å². The van der Waals surface area contributed by atoms with E-state index in [-0.39, 0.29) is 6.03 Å². The number of carbonyl (C=O) groups is 1. The molecule has 2 amide bonds. The molecule has 0 bridgehead atoms. The van der Waals surface area contributed by atoms with Gasteiger partial charge in [0.15, 0.2) is 0 Å². The van der Waals surface area contributed by atoms with Crippen LogP contribution in [0.4, 0.5) is 4.79 Å². The monoisotopic (exact) mass is 255 g/mol. The number of carbonyl (C=O) groups excluding carboxylic acids is 1. The van der Waals surface area contributed by atoms with Crippen LogP contribution in [0, 0.1) is 0 Å². The van der Waals surface area contributed by atoms with Crippen LogP contribution in [0.25, 0.3) is 0 Å². The standard InChI is InChI=1S/C13H25N3O2/c1-18-11-6-14-13(17)16-9-7-15(8-10-16)12-4-2-3-5-12/h12H,2-11H2,1H3,(H,14,17). The van der Waals surface area contributed by atoms with E-state index >= 15 is 0 Å².